The maximum Gasteiger partial charge on any atom is 0.313 e. The summed E-state index contributed by atoms with van der Waals surface area (Å²) in [6, 6.07) is 6.60. The third kappa shape index (κ3) is 5.21. The van der Waals surface area contributed by atoms with Gasteiger partial charge in [0.25, 0.3) is 0 Å². The molecule has 0 bridgehead atoms. The van der Waals surface area contributed by atoms with E-state index in [2.05, 4.69) is 4.74 Å². The number of hydrogen-bond acceptors (Lipinski definition) is 5. The highest BCUT2D eigenvalue weighted by atomic mass is 32.2. The zero-order valence-electron chi connectivity index (χ0n) is 10.9. The van der Waals surface area contributed by atoms with Gasteiger partial charge < -0.3 is 9.47 Å². The van der Waals surface area contributed by atoms with Crippen molar-refractivity contribution in [2.75, 3.05) is 19.5 Å². The van der Waals surface area contributed by atoms with Gasteiger partial charge in [0.05, 0.1) is 30.3 Å². The molecule has 0 spiro atoms. The zero-order valence-corrected chi connectivity index (χ0v) is 11.7. The molecule has 1 rings (SSSR count). The molecule has 1 unspecified atom stereocenters. The van der Waals surface area contributed by atoms with Gasteiger partial charge in [0.2, 0.25) is 0 Å². The lowest BCUT2D eigenvalue weighted by Crippen LogP contribution is -2.17. The predicted molar refractivity (Wildman–Crippen MR) is 70.5 cm³/mol. The minimum Gasteiger partial charge on any atom is -0.497 e. The molecule has 0 saturated carbocycles. The number of benzene rings is 1. The summed E-state index contributed by atoms with van der Waals surface area (Å²) < 4.78 is 21.5. The lowest BCUT2D eigenvalue weighted by molar-refractivity contribution is -0.145. The van der Waals surface area contributed by atoms with Gasteiger partial charge in [-0.1, -0.05) is 0 Å². The van der Waals surface area contributed by atoms with Gasteiger partial charge in [0.15, 0.2) is 5.78 Å². The normalized spacial score (nSPS) is 11.7. The van der Waals surface area contributed by atoms with E-state index in [-0.39, 0.29) is 18.8 Å². The summed E-state index contributed by atoms with van der Waals surface area (Å²) in [6.07, 6.45) is -0.338. The Kier molecular flexibility index (Phi) is 6.21. The van der Waals surface area contributed by atoms with Crippen molar-refractivity contribution in [3.63, 3.8) is 0 Å². The Balaban J connectivity index is 2.54. The first-order valence-corrected chi connectivity index (χ1v) is 7.08. The van der Waals surface area contributed by atoms with Gasteiger partial charge >= 0.3 is 5.97 Å². The zero-order chi connectivity index (χ0) is 14.3. The molecule has 1 aromatic carbocycles. The fourth-order valence-electron chi connectivity index (χ4n) is 1.38. The van der Waals surface area contributed by atoms with Crippen LogP contribution in [0.2, 0.25) is 0 Å². The Hall–Kier alpha value is -1.69. The second-order valence-corrected chi connectivity index (χ2v) is 5.14. The summed E-state index contributed by atoms with van der Waals surface area (Å²) in [4.78, 5) is 23.1. The van der Waals surface area contributed by atoms with E-state index in [1.807, 2.05) is 0 Å². The Morgan fingerprint density at radius 1 is 1.21 bits per heavy atom. The largest absolute Gasteiger partial charge is 0.497 e. The maximum atomic E-state index is 11.9. The fraction of sp³-hybridized carbons (Fsp3) is 0.385. The molecule has 0 heterocycles. The summed E-state index contributed by atoms with van der Waals surface area (Å²) >= 11 is 0. The first-order valence-electron chi connectivity index (χ1n) is 5.76. The number of hydrogen-bond donors (Lipinski definition) is 0. The molecule has 1 atom stereocenters. The monoisotopic (exact) mass is 284 g/mol. The van der Waals surface area contributed by atoms with Crippen molar-refractivity contribution in [1.82, 2.24) is 0 Å². The second-order valence-electron chi connectivity index (χ2n) is 3.69. The van der Waals surface area contributed by atoms with Gasteiger partial charge in [-0.25, -0.2) is 0 Å². The number of esters is 1. The van der Waals surface area contributed by atoms with Crippen LogP contribution in [-0.2, 0) is 25.1 Å². The molecule has 0 saturated heterocycles. The van der Waals surface area contributed by atoms with E-state index >= 15 is 0 Å². The summed E-state index contributed by atoms with van der Waals surface area (Å²) in [5.41, 5.74) is 0. The van der Waals surface area contributed by atoms with E-state index in [4.69, 9.17) is 4.74 Å². The smallest absolute Gasteiger partial charge is 0.313 e. The molecular formula is C13H16O5S. The number of carbonyl (C=O) groups is 2. The molecule has 1 aromatic rings. The fourth-order valence-corrected chi connectivity index (χ4v) is 2.38. The summed E-state index contributed by atoms with van der Waals surface area (Å²) in [5, 5.41) is 0. The van der Waals surface area contributed by atoms with E-state index in [1.165, 1.54) is 7.11 Å². The molecule has 0 fully saturated rings. The molecule has 0 N–H and O–H groups in total. The Morgan fingerprint density at radius 3 is 2.37 bits per heavy atom. The van der Waals surface area contributed by atoms with Crippen LogP contribution in [-0.4, -0.2) is 35.4 Å². The molecule has 0 aliphatic rings. The highest BCUT2D eigenvalue weighted by Crippen LogP contribution is 2.14. The van der Waals surface area contributed by atoms with Crippen molar-refractivity contribution < 1.29 is 23.3 Å². The van der Waals surface area contributed by atoms with Crippen LogP contribution in [0.15, 0.2) is 29.2 Å². The second kappa shape index (κ2) is 7.68. The first kappa shape index (κ1) is 15.4. The molecule has 0 aromatic heterocycles. The third-order valence-corrected chi connectivity index (χ3v) is 3.64. The van der Waals surface area contributed by atoms with Crippen LogP contribution < -0.4 is 4.74 Å². The number of Topliss-reactive ketones (excluding diaryl/α,β-unsaturated/α-hetero) is 1. The van der Waals surface area contributed by atoms with Gasteiger partial charge in [-0.3, -0.25) is 13.8 Å². The van der Waals surface area contributed by atoms with Crippen molar-refractivity contribution in [3.05, 3.63) is 24.3 Å². The van der Waals surface area contributed by atoms with Crippen molar-refractivity contribution in [1.29, 1.82) is 0 Å². The average Bonchev–Trinajstić information content (AvgIpc) is 2.38. The minimum atomic E-state index is -1.46. The summed E-state index contributed by atoms with van der Waals surface area (Å²) in [7, 11) is 0.0796. The molecule has 0 radical (unpaired) electrons. The van der Waals surface area contributed by atoms with Crippen LogP contribution in [0.3, 0.4) is 0 Å². The number of rotatable bonds is 7. The van der Waals surface area contributed by atoms with Crippen molar-refractivity contribution in [2.24, 2.45) is 0 Å². The van der Waals surface area contributed by atoms with Crippen LogP contribution in [0.4, 0.5) is 0 Å². The summed E-state index contributed by atoms with van der Waals surface area (Å²) in [6.45, 7) is 1.89. The van der Waals surface area contributed by atoms with Gasteiger partial charge in [-0.2, -0.15) is 0 Å². The highest BCUT2D eigenvalue weighted by molar-refractivity contribution is 7.85. The number of ketones is 1. The van der Waals surface area contributed by atoms with E-state index in [0.29, 0.717) is 10.6 Å². The van der Waals surface area contributed by atoms with Crippen molar-refractivity contribution >= 4 is 22.6 Å². The van der Waals surface area contributed by atoms with E-state index in [9.17, 15) is 13.8 Å². The van der Waals surface area contributed by atoms with Crippen LogP contribution in [0.5, 0.6) is 5.75 Å². The number of methoxy groups -OCH3 is 1. The van der Waals surface area contributed by atoms with E-state index in [1.54, 1.807) is 31.2 Å². The van der Waals surface area contributed by atoms with E-state index < -0.39 is 22.6 Å². The lowest BCUT2D eigenvalue weighted by atomic mass is 10.3. The molecule has 19 heavy (non-hydrogen) atoms. The topological polar surface area (TPSA) is 69.7 Å². The molecule has 104 valence electrons. The molecule has 0 amide bonds. The maximum absolute atomic E-state index is 11.9. The summed E-state index contributed by atoms with van der Waals surface area (Å²) in [5.74, 6) is -0.518. The van der Waals surface area contributed by atoms with Crippen molar-refractivity contribution in [2.45, 2.75) is 18.2 Å². The lowest BCUT2D eigenvalue weighted by Gasteiger charge is -2.04. The van der Waals surface area contributed by atoms with Gasteiger partial charge in [-0.15, -0.1) is 0 Å². The molecule has 0 aliphatic heterocycles. The SMILES string of the molecule is CCOC(=O)CC(=O)CS(=O)c1ccc(OC)cc1. The predicted octanol–water partition coefficient (Wildman–Crippen LogP) is 1.33. The van der Waals surface area contributed by atoms with Crippen LogP contribution >= 0.6 is 0 Å². The van der Waals surface area contributed by atoms with E-state index in [0.717, 1.165) is 0 Å². The van der Waals surface area contributed by atoms with Crippen LogP contribution in [0.25, 0.3) is 0 Å². The molecular weight excluding hydrogens is 268 g/mol. The van der Waals surface area contributed by atoms with Gasteiger partial charge in [0, 0.05) is 4.90 Å². The minimum absolute atomic E-state index is 0.189. The van der Waals surface area contributed by atoms with Crippen LogP contribution in [0, 0.1) is 0 Å². The number of carbonyl (C=O) groups excluding carboxylic acids is 2. The standard InChI is InChI=1S/C13H16O5S/c1-3-18-13(15)8-10(14)9-19(16)12-6-4-11(17-2)5-7-12/h4-7H,3,8-9H2,1-2H3. The Bertz CT molecular complexity index is 466. The van der Waals surface area contributed by atoms with Gasteiger partial charge in [0.1, 0.15) is 12.2 Å². The Morgan fingerprint density at radius 2 is 1.84 bits per heavy atom. The molecule has 6 heteroatoms. The third-order valence-electron chi connectivity index (χ3n) is 2.26. The highest BCUT2D eigenvalue weighted by Gasteiger charge is 2.14. The molecule has 0 aliphatic carbocycles. The average molecular weight is 284 g/mol. The Labute approximate surface area is 114 Å². The van der Waals surface area contributed by atoms with Gasteiger partial charge in [-0.05, 0) is 31.2 Å². The number of ether oxygens (including phenoxy) is 2. The first-order chi connectivity index (χ1) is 9.06. The molecule has 5 nitrogen and oxygen atoms in total. The quantitative estimate of drug-likeness (QED) is 0.558. The van der Waals surface area contributed by atoms with Crippen LogP contribution in [0.1, 0.15) is 13.3 Å². The van der Waals surface area contributed by atoms with Crippen molar-refractivity contribution in [3.8, 4) is 5.75 Å².